The van der Waals surface area contributed by atoms with Crippen LogP contribution < -0.4 is 0 Å². The van der Waals surface area contributed by atoms with Gasteiger partial charge < -0.3 is 4.98 Å². The minimum absolute atomic E-state index is 0.741. The minimum atomic E-state index is 0.741. The maximum absolute atomic E-state index is 5.45. The zero-order valence-corrected chi connectivity index (χ0v) is 11.2. The molecule has 3 aromatic rings. The van der Waals surface area contributed by atoms with Crippen molar-refractivity contribution in [3.8, 4) is 5.69 Å². The number of rotatable bonds is 1. The molecule has 1 aromatic heterocycles. The zero-order chi connectivity index (χ0) is 12.7. The first kappa shape index (κ1) is 11.2. The van der Waals surface area contributed by atoms with E-state index in [4.69, 9.17) is 12.2 Å². The summed E-state index contributed by atoms with van der Waals surface area (Å²) in [6.45, 7) is 4.20. The van der Waals surface area contributed by atoms with Crippen LogP contribution in [-0.4, -0.2) is 9.55 Å². The van der Waals surface area contributed by atoms with Crippen LogP contribution in [0.5, 0.6) is 0 Å². The summed E-state index contributed by atoms with van der Waals surface area (Å²) in [7, 11) is 0. The Balaban J connectivity index is 2.42. The number of nitrogens with zero attached hydrogens (tertiary/aromatic N) is 1. The number of aromatic amines is 1. The average Bonchev–Trinajstić information content (AvgIpc) is 2.67. The third-order valence-electron chi connectivity index (χ3n) is 3.17. The van der Waals surface area contributed by atoms with Crippen molar-refractivity contribution in [3.63, 3.8) is 0 Å². The van der Waals surface area contributed by atoms with E-state index in [0.717, 1.165) is 21.5 Å². The number of hydrogen-bond donors (Lipinski definition) is 1. The Bertz CT molecular complexity index is 781. The number of aryl methyl sites for hydroxylation is 2. The van der Waals surface area contributed by atoms with Crippen molar-refractivity contribution in [1.82, 2.24) is 9.55 Å². The lowest BCUT2D eigenvalue weighted by molar-refractivity contribution is 1.06. The molecule has 0 aliphatic rings. The van der Waals surface area contributed by atoms with E-state index in [2.05, 4.69) is 59.8 Å². The van der Waals surface area contributed by atoms with E-state index >= 15 is 0 Å². The second-order valence-electron chi connectivity index (χ2n) is 4.58. The van der Waals surface area contributed by atoms with Crippen molar-refractivity contribution in [2.45, 2.75) is 13.8 Å². The predicted molar refractivity (Wildman–Crippen MR) is 77.9 cm³/mol. The van der Waals surface area contributed by atoms with Gasteiger partial charge in [-0.2, -0.15) is 0 Å². The molecule has 1 heterocycles. The molecular formula is C15H14N2S. The molecule has 1 N–H and O–H groups in total. The molecule has 2 nitrogen and oxygen atoms in total. The van der Waals surface area contributed by atoms with Crippen molar-refractivity contribution in [3.05, 3.63) is 58.4 Å². The Hall–Kier alpha value is -1.87. The zero-order valence-electron chi connectivity index (χ0n) is 10.4. The summed E-state index contributed by atoms with van der Waals surface area (Å²) in [6.07, 6.45) is 0. The van der Waals surface area contributed by atoms with Crippen LogP contribution in [0.3, 0.4) is 0 Å². The summed E-state index contributed by atoms with van der Waals surface area (Å²) >= 11 is 5.45. The van der Waals surface area contributed by atoms with Gasteiger partial charge in [-0.1, -0.05) is 24.3 Å². The van der Waals surface area contributed by atoms with Crippen LogP contribution >= 0.6 is 12.2 Å². The van der Waals surface area contributed by atoms with E-state index in [1.165, 1.54) is 11.1 Å². The Kier molecular flexibility index (Phi) is 2.56. The molecule has 3 heteroatoms. The highest BCUT2D eigenvalue weighted by Gasteiger charge is 2.08. The largest absolute Gasteiger partial charge is 0.330 e. The molecule has 0 saturated carbocycles. The van der Waals surface area contributed by atoms with E-state index < -0.39 is 0 Å². The molecule has 2 aromatic carbocycles. The van der Waals surface area contributed by atoms with Gasteiger partial charge in [-0.25, -0.2) is 0 Å². The Morgan fingerprint density at radius 3 is 2.61 bits per heavy atom. The number of para-hydroxylation sites is 1. The fraction of sp³-hybridized carbons (Fsp3) is 0.133. The van der Waals surface area contributed by atoms with Gasteiger partial charge in [0.25, 0.3) is 0 Å². The van der Waals surface area contributed by atoms with E-state index in [-0.39, 0.29) is 0 Å². The van der Waals surface area contributed by atoms with Crippen LogP contribution in [0.1, 0.15) is 11.1 Å². The molecule has 0 aliphatic carbocycles. The van der Waals surface area contributed by atoms with E-state index in [1.807, 2.05) is 6.07 Å². The Morgan fingerprint density at radius 2 is 1.83 bits per heavy atom. The first-order valence-corrected chi connectivity index (χ1v) is 6.35. The fourth-order valence-corrected chi connectivity index (χ4v) is 2.65. The number of fused-ring (bicyclic) bond motifs is 1. The van der Waals surface area contributed by atoms with Crippen LogP contribution in [0.15, 0.2) is 42.5 Å². The maximum atomic E-state index is 5.45. The van der Waals surface area contributed by atoms with Gasteiger partial charge >= 0.3 is 0 Å². The first-order chi connectivity index (χ1) is 8.66. The maximum Gasteiger partial charge on any atom is 0.182 e. The summed E-state index contributed by atoms with van der Waals surface area (Å²) < 4.78 is 2.84. The number of H-pyrrole nitrogens is 1. The van der Waals surface area contributed by atoms with Gasteiger partial charge in [-0.3, -0.25) is 4.57 Å². The molecule has 0 radical (unpaired) electrons. The smallest absolute Gasteiger partial charge is 0.182 e. The van der Waals surface area contributed by atoms with Crippen molar-refractivity contribution in [1.29, 1.82) is 0 Å². The molecule has 0 unspecified atom stereocenters. The summed E-state index contributed by atoms with van der Waals surface area (Å²) in [6, 6.07) is 14.6. The number of nitrogens with one attached hydrogen (secondary N) is 1. The van der Waals surface area contributed by atoms with E-state index in [9.17, 15) is 0 Å². The molecule has 0 bridgehead atoms. The number of hydrogen-bond acceptors (Lipinski definition) is 1. The third kappa shape index (κ3) is 1.68. The van der Waals surface area contributed by atoms with Gasteiger partial charge in [-0.05, 0) is 55.4 Å². The average molecular weight is 254 g/mol. The highest BCUT2D eigenvalue weighted by molar-refractivity contribution is 7.71. The minimum Gasteiger partial charge on any atom is -0.330 e. The van der Waals surface area contributed by atoms with Gasteiger partial charge in [0.15, 0.2) is 4.77 Å². The molecule has 0 fully saturated rings. The van der Waals surface area contributed by atoms with Crippen molar-refractivity contribution < 1.29 is 0 Å². The third-order valence-corrected chi connectivity index (χ3v) is 3.45. The Labute approximate surface area is 111 Å². The van der Waals surface area contributed by atoms with Crippen LogP contribution in [0.4, 0.5) is 0 Å². The lowest BCUT2D eigenvalue weighted by atomic mass is 10.2. The van der Waals surface area contributed by atoms with Crippen molar-refractivity contribution in [2.75, 3.05) is 0 Å². The van der Waals surface area contributed by atoms with Crippen LogP contribution in [0.25, 0.3) is 16.7 Å². The SMILES string of the molecule is Cc1cccc(-n2c(=S)[nH]c3cccc(C)c32)c1. The van der Waals surface area contributed by atoms with Gasteiger partial charge in [-0.15, -0.1) is 0 Å². The van der Waals surface area contributed by atoms with Crippen molar-refractivity contribution >= 4 is 23.3 Å². The molecular weight excluding hydrogens is 240 g/mol. The van der Waals surface area contributed by atoms with Gasteiger partial charge in [0.1, 0.15) is 0 Å². The summed E-state index contributed by atoms with van der Waals surface area (Å²) in [4.78, 5) is 3.26. The summed E-state index contributed by atoms with van der Waals surface area (Å²) in [5.41, 5.74) is 5.81. The molecule has 18 heavy (non-hydrogen) atoms. The second-order valence-corrected chi connectivity index (χ2v) is 4.96. The molecule has 0 atom stereocenters. The molecule has 0 saturated heterocycles. The molecule has 3 rings (SSSR count). The second kappa shape index (κ2) is 4.10. The van der Waals surface area contributed by atoms with Crippen LogP contribution in [-0.2, 0) is 0 Å². The van der Waals surface area contributed by atoms with Crippen LogP contribution in [0.2, 0.25) is 0 Å². The lowest BCUT2D eigenvalue weighted by Crippen LogP contribution is -1.95. The summed E-state index contributed by atoms with van der Waals surface area (Å²) in [5.74, 6) is 0. The quantitative estimate of drug-likeness (QED) is 0.642. The van der Waals surface area contributed by atoms with Gasteiger partial charge in [0.2, 0.25) is 0 Å². The van der Waals surface area contributed by atoms with Crippen molar-refractivity contribution in [2.24, 2.45) is 0 Å². The molecule has 0 aliphatic heterocycles. The number of aromatic nitrogens is 2. The highest BCUT2D eigenvalue weighted by Crippen LogP contribution is 2.22. The molecule has 90 valence electrons. The molecule has 0 amide bonds. The predicted octanol–water partition coefficient (Wildman–Crippen LogP) is 4.30. The van der Waals surface area contributed by atoms with E-state index in [1.54, 1.807) is 0 Å². The van der Waals surface area contributed by atoms with Crippen LogP contribution in [0, 0.1) is 18.6 Å². The normalized spacial score (nSPS) is 11.0. The standard InChI is InChI=1S/C15H14N2S/c1-10-5-3-7-12(9-10)17-14-11(2)6-4-8-13(14)16-15(17)18/h3-9H,1-2H3,(H,16,18). The lowest BCUT2D eigenvalue weighted by Gasteiger charge is -2.07. The monoisotopic (exact) mass is 254 g/mol. The number of benzene rings is 2. The fourth-order valence-electron chi connectivity index (χ4n) is 2.34. The Morgan fingerprint density at radius 1 is 1.06 bits per heavy atom. The van der Waals surface area contributed by atoms with Gasteiger partial charge in [0, 0.05) is 5.69 Å². The summed E-state index contributed by atoms with van der Waals surface area (Å²) in [5, 5.41) is 0. The number of imidazole rings is 1. The first-order valence-electron chi connectivity index (χ1n) is 5.94. The topological polar surface area (TPSA) is 20.7 Å². The molecule has 0 spiro atoms. The van der Waals surface area contributed by atoms with Gasteiger partial charge in [0.05, 0.1) is 11.0 Å². The highest BCUT2D eigenvalue weighted by atomic mass is 32.1. The van der Waals surface area contributed by atoms with E-state index in [0.29, 0.717) is 0 Å².